The fraction of sp³-hybridized carbons (Fsp3) is 0.909. The third-order valence-corrected chi connectivity index (χ3v) is 3.46. The number of carbonyl (C=O) groups is 1. The van der Waals surface area contributed by atoms with E-state index in [9.17, 15) is 4.79 Å². The van der Waals surface area contributed by atoms with Gasteiger partial charge in [0.15, 0.2) is 0 Å². The lowest BCUT2D eigenvalue weighted by Gasteiger charge is -2.42. The average Bonchev–Trinajstić information content (AvgIpc) is 2.51. The first-order valence-corrected chi connectivity index (χ1v) is 5.60. The second-order valence-electron chi connectivity index (χ2n) is 4.63. The van der Waals surface area contributed by atoms with Gasteiger partial charge in [0.2, 0.25) is 0 Å². The van der Waals surface area contributed by atoms with E-state index in [2.05, 4.69) is 0 Å². The van der Waals surface area contributed by atoms with Crippen molar-refractivity contribution in [1.82, 2.24) is 0 Å². The molecule has 0 amide bonds. The molecular formula is C11H18O3. The van der Waals surface area contributed by atoms with Crippen molar-refractivity contribution in [2.24, 2.45) is 0 Å². The van der Waals surface area contributed by atoms with Crippen LogP contribution >= 0.6 is 0 Å². The van der Waals surface area contributed by atoms with E-state index in [0.29, 0.717) is 6.10 Å². The van der Waals surface area contributed by atoms with Gasteiger partial charge in [0.1, 0.15) is 0 Å². The predicted molar refractivity (Wildman–Crippen MR) is 52.2 cm³/mol. The normalized spacial score (nSPS) is 26.0. The van der Waals surface area contributed by atoms with Gasteiger partial charge in [0.25, 0.3) is 0 Å². The van der Waals surface area contributed by atoms with Crippen LogP contribution in [0.4, 0.5) is 0 Å². The third-order valence-electron chi connectivity index (χ3n) is 3.46. The maximum atomic E-state index is 10.7. The lowest BCUT2D eigenvalue weighted by molar-refractivity contribution is -0.165. The molecule has 0 bridgehead atoms. The van der Waals surface area contributed by atoms with Gasteiger partial charge in [-0.3, -0.25) is 4.79 Å². The van der Waals surface area contributed by atoms with Gasteiger partial charge in [-0.25, -0.2) is 0 Å². The summed E-state index contributed by atoms with van der Waals surface area (Å²) in [6, 6.07) is 0. The van der Waals surface area contributed by atoms with E-state index in [-0.39, 0.29) is 12.0 Å². The van der Waals surface area contributed by atoms with Gasteiger partial charge in [-0.1, -0.05) is 12.8 Å². The molecule has 2 aliphatic rings. The summed E-state index contributed by atoms with van der Waals surface area (Å²) >= 11 is 0. The lowest BCUT2D eigenvalue weighted by Crippen LogP contribution is -2.44. The molecule has 0 saturated heterocycles. The Hall–Kier alpha value is -0.570. The molecule has 14 heavy (non-hydrogen) atoms. The van der Waals surface area contributed by atoms with Crippen molar-refractivity contribution >= 4 is 5.97 Å². The van der Waals surface area contributed by atoms with Crippen molar-refractivity contribution in [3.05, 3.63) is 0 Å². The molecule has 0 radical (unpaired) electrons. The zero-order chi connectivity index (χ0) is 10.0. The number of ether oxygens (including phenoxy) is 1. The number of hydrogen-bond donors (Lipinski definition) is 1. The summed E-state index contributed by atoms with van der Waals surface area (Å²) < 4.78 is 5.96. The van der Waals surface area contributed by atoms with E-state index in [1.54, 1.807) is 0 Å². The molecule has 0 aromatic heterocycles. The Labute approximate surface area is 84.4 Å². The molecule has 2 saturated carbocycles. The molecule has 0 spiro atoms. The molecule has 3 nitrogen and oxygen atoms in total. The van der Waals surface area contributed by atoms with Crippen LogP contribution in [-0.2, 0) is 9.53 Å². The Morgan fingerprint density at radius 1 is 1.29 bits per heavy atom. The number of carboxylic acid groups (broad SMARTS) is 1. The quantitative estimate of drug-likeness (QED) is 0.754. The fourth-order valence-electron chi connectivity index (χ4n) is 2.54. The molecule has 0 aliphatic heterocycles. The van der Waals surface area contributed by atoms with E-state index in [4.69, 9.17) is 9.84 Å². The molecule has 0 aromatic carbocycles. The lowest BCUT2D eigenvalue weighted by atomic mass is 9.77. The molecule has 80 valence electrons. The van der Waals surface area contributed by atoms with E-state index < -0.39 is 5.97 Å². The van der Waals surface area contributed by atoms with Crippen molar-refractivity contribution in [2.75, 3.05) is 0 Å². The summed E-state index contributed by atoms with van der Waals surface area (Å²) in [5.41, 5.74) is -0.291. The minimum Gasteiger partial charge on any atom is -0.481 e. The SMILES string of the molecule is O=C(O)CC1(OC2CCCC2)CCC1. The Bertz CT molecular complexity index is 215. The van der Waals surface area contributed by atoms with Crippen LogP contribution in [0.3, 0.4) is 0 Å². The summed E-state index contributed by atoms with van der Waals surface area (Å²) in [5, 5.41) is 8.81. The van der Waals surface area contributed by atoms with Crippen LogP contribution in [0, 0.1) is 0 Å². The minimum atomic E-state index is -0.720. The maximum Gasteiger partial charge on any atom is 0.306 e. The van der Waals surface area contributed by atoms with Crippen LogP contribution in [0.15, 0.2) is 0 Å². The molecule has 1 N–H and O–H groups in total. The first-order valence-electron chi connectivity index (χ1n) is 5.60. The van der Waals surface area contributed by atoms with Crippen LogP contribution in [0.1, 0.15) is 51.4 Å². The molecule has 2 aliphatic carbocycles. The topological polar surface area (TPSA) is 46.5 Å². The van der Waals surface area contributed by atoms with Gasteiger partial charge >= 0.3 is 5.97 Å². The van der Waals surface area contributed by atoms with Crippen molar-refractivity contribution in [2.45, 2.75) is 63.1 Å². The summed E-state index contributed by atoms with van der Waals surface area (Å²) in [6.45, 7) is 0. The van der Waals surface area contributed by atoms with Crippen molar-refractivity contribution < 1.29 is 14.6 Å². The highest BCUT2D eigenvalue weighted by Crippen LogP contribution is 2.41. The Balaban J connectivity index is 1.87. The predicted octanol–water partition coefficient (Wildman–Crippen LogP) is 2.34. The highest BCUT2D eigenvalue weighted by molar-refractivity contribution is 5.68. The van der Waals surface area contributed by atoms with E-state index in [0.717, 1.165) is 32.1 Å². The largest absolute Gasteiger partial charge is 0.481 e. The Morgan fingerprint density at radius 2 is 1.93 bits per heavy atom. The standard InChI is InChI=1S/C11H18O3/c12-10(13)8-11(6-3-7-11)14-9-4-1-2-5-9/h9H,1-8H2,(H,12,13). The van der Waals surface area contributed by atoms with Gasteiger partial charge in [-0.15, -0.1) is 0 Å². The average molecular weight is 198 g/mol. The minimum absolute atomic E-state index is 0.198. The molecule has 2 rings (SSSR count). The van der Waals surface area contributed by atoms with Gasteiger partial charge in [-0.05, 0) is 32.1 Å². The fourth-order valence-corrected chi connectivity index (χ4v) is 2.54. The molecule has 0 heterocycles. The first-order chi connectivity index (χ1) is 6.70. The zero-order valence-electron chi connectivity index (χ0n) is 8.50. The maximum absolute atomic E-state index is 10.7. The van der Waals surface area contributed by atoms with Crippen LogP contribution in [0.2, 0.25) is 0 Å². The van der Waals surface area contributed by atoms with Gasteiger partial charge in [-0.2, -0.15) is 0 Å². The summed E-state index contributed by atoms with van der Waals surface area (Å²) in [4.78, 5) is 10.7. The van der Waals surface area contributed by atoms with Crippen LogP contribution in [0.25, 0.3) is 0 Å². The number of hydrogen-bond acceptors (Lipinski definition) is 2. The summed E-state index contributed by atoms with van der Waals surface area (Å²) in [6.07, 6.45) is 8.29. The molecule has 2 fully saturated rings. The van der Waals surface area contributed by atoms with E-state index in [1.165, 1.54) is 12.8 Å². The molecule has 0 unspecified atom stereocenters. The van der Waals surface area contributed by atoms with Crippen LogP contribution in [0.5, 0.6) is 0 Å². The van der Waals surface area contributed by atoms with E-state index in [1.807, 2.05) is 0 Å². The van der Waals surface area contributed by atoms with Crippen molar-refractivity contribution in [3.8, 4) is 0 Å². The van der Waals surface area contributed by atoms with Gasteiger partial charge < -0.3 is 9.84 Å². The molecule has 3 heteroatoms. The van der Waals surface area contributed by atoms with Crippen LogP contribution in [-0.4, -0.2) is 22.8 Å². The second-order valence-corrected chi connectivity index (χ2v) is 4.63. The molecule has 0 aromatic rings. The number of carboxylic acids is 1. The smallest absolute Gasteiger partial charge is 0.306 e. The summed E-state index contributed by atoms with van der Waals surface area (Å²) in [5.74, 6) is -0.720. The van der Waals surface area contributed by atoms with Crippen molar-refractivity contribution in [3.63, 3.8) is 0 Å². The monoisotopic (exact) mass is 198 g/mol. The second kappa shape index (κ2) is 3.89. The van der Waals surface area contributed by atoms with Crippen LogP contribution < -0.4 is 0 Å². The Morgan fingerprint density at radius 3 is 2.36 bits per heavy atom. The number of rotatable bonds is 4. The molecular weight excluding hydrogens is 180 g/mol. The number of aliphatic carboxylic acids is 1. The zero-order valence-corrected chi connectivity index (χ0v) is 8.50. The molecule has 0 atom stereocenters. The first kappa shape index (κ1) is 9.97. The third kappa shape index (κ3) is 2.08. The Kier molecular flexibility index (Phi) is 2.77. The summed E-state index contributed by atoms with van der Waals surface area (Å²) in [7, 11) is 0. The van der Waals surface area contributed by atoms with E-state index >= 15 is 0 Å². The highest BCUT2D eigenvalue weighted by atomic mass is 16.5. The highest BCUT2D eigenvalue weighted by Gasteiger charge is 2.42. The van der Waals surface area contributed by atoms with Gasteiger partial charge in [0, 0.05) is 0 Å². The van der Waals surface area contributed by atoms with Gasteiger partial charge in [0.05, 0.1) is 18.1 Å². The van der Waals surface area contributed by atoms with Crippen molar-refractivity contribution in [1.29, 1.82) is 0 Å².